The fourth-order valence-corrected chi connectivity index (χ4v) is 4.27. The van der Waals surface area contributed by atoms with E-state index in [9.17, 15) is 9.90 Å². The number of ether oxygens (including phenoxy) is 1. The van der Waals surface area contributed by atoms with Gasteiger partial charge in [0.05, 0.1) is 13.2 Å². The summed E-state index contributed by atoms with van der Waals surface area (Å²) in [7, 11) is 0. The van der Waals surface area contributed by atoms with Crippen LogP contribution in [0.15, 0.2) is 10.6 Å². The highest BCUT2D eigenvalue weighted by Gasteiger charge is 2.48. The van der Waals surface area contributed by atoms with Gasteiger partial charge in [0.15, 0.2) is 5.69 Å². The van der Waals surface area contributed by atoms with Gasteiger partial charge in [0.1, 0.15) is 5.76 Å². The molecule has 140 valence electrons. The Bertz CT molecular complexity index is 591. The Morgan fingerprint density at radius 1 is 1.48 bits per heavy atom. The number of hydrogen-bond donors (Lipinski definition) is 1. The van der Waals surface area contributed by atoms with Crippen LogP contribution in [-0.2, 0) is 4.74 Å². The predicted molar refractivity (Wildman–Crippen MR) is 92.4 cm³/mol. The number of piperidine rings is 2. The van der Waals surface area contributed by atoms with Crippen LogP contribution < -0.4 is 0 Å². The lowest BCUT2D eigenvalue weighted by atomic mass is 9.69. The molecular weight excluding hydrogens is 322 g/mol. The second kappa shape index (κ2) is 7.85. The molecule has 3 heterocycles. The van der Waals surface area contributed by atoms with E-state index < -0.39 is 0 Å². The second-order valence-electron chi connectivity index (χ2n) is 7.20. The number of amides is 1. The summed E-state index contributed by atoms with van der Waals surface area (Å²) in [6.45, 7) is 8.45. The number of nitrogens with zero attached hydrogens (tertiary/aromatic N) is 3. The lowest BCUT2D eigenvalue weighted by Gasteiger charge is -2.54. The van der Waals surface area contributed by atoms with Crippen molar-refractivity contribution in [3.63, 3.8) is 0 Å². The summed E-state index contributed by atoms with van der Waals surface area (Å²) >= 11 is 0. The van der Waals surface area contributed by atoms with Crippen LogP contribution in [-0.4, -0.2) is 78.0 Å². The van der Waals surface area contributed by atoms with Gasteiger partial charge in [-0.05, 0) is 39.7 Å². The molecule has 0 bridgehead atoms. The van der Waals surface area contributed by atoms with E-state index in [0.29, 0.717) is 37.8 Å². The van der Waals surface area contributed by atoms with Crippen molar-refractivity contribution in [3.05, 3.63) is 17.5 Å². The van der Waals surface area contributed by atoms with E-state index in [1.807, 2.05) is 11.8 Å². The van der Waals surface area contributed by atoms with Crippen molar-refractivity contribution in [1.82, 2.24) is 15.0 Å². The molecule has 2 aliphatic heterocycles. The van der Waals surface area contributed by atoms with E-state index in [0.717, 1.165) is 32.4 Å². The van der Waals surface area contributed by atoms with Crippen molar-refractivity contribution in [1.29, 1.82) is 0 Å². The molecule has 2 aliphatic rings. The molecule has 1 aromatic heterocycles. The Morgan fingerprint density at radius 2 is 2.32 bits per heavy atom. The number of rotatable bonds is 6. The van der Waals surface area contributed by atoms with E-state index in [4.69, 9.17) is 9.26 Å². The van der Waals surface area contributed by atoms with Crippen LogP contribution in [0.3, 0.4) is 0 Å². The molecule has 0 radical (unpaired) electrons. The first-order valence-corrected chi connectivity index (χ1v) is 9.25. The Balaban J connectivity index is 1.73. The SMILES string of the molecule is CCOCCN1CCC[C@]2(CO)CCN(C(=O)c3cc(C)on3)C[C@@H]12. The van der Waals surface area contributed by atoms with Crippen LogP contribution in [0.5, 0.6) is 0 Å². The Labute approximate surface area is 148 Å². The number of fused-ring (bicyclic) bond motifs is 1. The number of aryl methyl sites for hydroxylation is 1. The highest BCUT2D eigenvalue weighted by atomic mass is 16.5. The summed E-state index contributed by atoms with van der Waals surface area (Å²) in [5, 5.41) is 14.0. The van der Waals surface area contributed by atoms with Gasteiger partial charge < -0.3 is 19.3 Å². The van der Waals surface area contributed by atoms with Crippen LogP contribution in [0.2, 0.25) is 0 Å². The summed E-state index contributed by atoms with van der Waals surface area (Å²) in [5.74, 6) is 0.555. The normalized spacial score (nSPS) is 27.3. The summed E-state index contributed by atoms with van der Waals surface area (Å²) in [6, 6.07) is 1.85. The lowest BCUT2D eigenvalue weighted by molar-refractivity contribution is -0.0754. The number of likely N-dealkylation sites (tertiary alicyclic amines) is 2. The standard InChI is InChI=1S/C18H29N3O4/c1-3-24-10-9-20-7-4-5-18(13-22)6-8-21(12-16(18)20)17(23)15-11-14(2)25-19-15/h11,16,22H,3-10,12-13H2,1-2H3/t16-,18-/m1/s1. The fourth-order valence-electron chi connectivity index (χ4n) is 4.27. The summed E-state index contributed by atoms with van der Waals surface area (Å²) in [6.07, 6.45) is 2.92. The largest absolute Gasteiger partial charge is 0.396 e. The molecule has 1 N–H and O–H groups in total. The molecule has 0 spiro atoms. The number of aliphatic hydroxyl groups is 1. The monoisotopic (exact) mass is 351 g/mol. The molecule has 3 rings (SSSR count). The summed E-state index contributed by atoms with van der Waals surface area (Å²) in [4.78, 5) is 17.0. The van der Waals surface area contributed by atoms with Gasteiger partial charge in [-0.2, -0.15) is 0 Å². The molecule has 2 atom stereocenters. The molecule has 0 saturated carbocycles. The van der Waals surface area contributed by atoms with Crippen molar-refractivity contribution in [2.45, 2.75) is 39.2 Å². The Morgan fingerprint density at radius 3 is 3.00 bits per heavy atom. The van der Waals surface area contributed by atoms with Gasteiger partial charge in [-0.15, -0.1) is 0 Å². The molecule has 0 unspecified atom stereocenters. The minimum atomic E-state index is -0.110. The first-order chi connectivity index (χ1) is 12.1. The quantitative estimate of drug-likeness (QED) is 0.779. The van der Waals surface area contributed by atoms with E-state index in [1.54, 1.807) is 13.0 Å². The molecule has 1 aromatic rings. The highest BCUT2D eigenvalue weighted by Crippen LogP contribution is 2.42. The molecule has 25 heavy (non-hydrogen) atoms. The predicted octanol–water partition coefficient (Wildman–Crippen LogP) is 1.31. The second-order valence-corrected chi connectivity index (χ2v) is 7.20. The third-order valence-electron chi connectivity index (χ3n) is 5.72. The average molecular weight is 351 g/mol. The average Bonchev–Trinajstić information content (AvgIpc) is 3.07. The molecule has 7 heteroatoms. The maximum absolute atomic E-state index is 12.7. The maximum Gasteiger partial charge on any atom is 0.276 e. The van der Waals surface area contributed by atoms with E-state index in [-0.39, 0.29) is 24.0 Å². The van der Waals surface area contributed by atoms with Crippen LogP contribution in [0.1, 0.15) is 42.4 Å². The van der Waals surface area contributed by atoms with Crippen LogP contribution in [0.25, 0.3) is 0 Å². The smallest absolute Gasteiger partial charge is 0.276 e. The number of aliphatic hydroxyl groups excluding tert-OH is 1. The maximum atomic E-state index is 12.7. The molecular formula is C18H29N3O4. The molecule has 0 aliphatic carbocycles. The van der Waals surface area contributed by atoms with Crippen molar-refractivity contribution in [3.8, 4) is 0 Å². The van der Waals surface area contributed by atoms with E-state index in [1.165, 1.54) is 0 Å². The fraction of sp³-hybridized carbons (Fsp3) is 0.778. The minimum Gasteiger partial charge on any atom is -0.396 e. The molecule has 7 nitrogen and oxygen atoms in total. The van der Waals surface area contributed by atoms with E-state index in [2.05, 4.69) is 10.1 Å². The van der Waals surface area contributed by atoms with Gasteiger partial charge in [0.25, 0.3) is 5.91 Å². The number of hydrogen-bond acceptors (Lipinski definition) is 6. The van der Waals surface area contributed by atoms with Gasteiger partial charge in [0, 0.05) is 43.8 Å². The van der Waals surface area contributed by atoms with Crippen LogP contribution in [0, 0.1) is 12.3 Å². The van der Waals surface area contributed by atoms with E-state index >= 15 is 0 Å². The zero-order valence-electron chi connectivity index (χ0n) is 15.2. The molecule has 1 amide bonds. The Hall–Kier alpha value is -1.44. The number of aromatic nitrogens is 1. The van der Waals surface area contributed by atoms with Crippen LogP contribution in [0.4, 0.5) is 0 Å². The van der Waals surface area contributed by atoms with Crippen molar-refractivity contribution in [2.75, 3.05) is 46.0 Å². The first-order valence-electron chi connectivity index (χ1n) is 9.25. The zero-order chi connectivity index (χ0) is 17.9. The van der Waals surface area contributed by atoms with Gasteiger partial charge in [-0.3, -0.25) is 9.69 Å². The molecule has 2 fully saturated rings. The van der Waals surface area contributed by atoms with Crippen molar-refractivity contribution >= 4 is 5.91 Å². The van der Waals surface area contributed by atoms with Crippen LogP contribution >= 0.6 is 0 Å². The highest BCUT2D eigenvalue weighted by molar-refractivity contribution is 5.92. The van der Waals surface area contributed by atoms with Crippen molar-refractivity contribution in [2.24, 2.45) is 5.41 Å². The van der Waals surface area contributed by atoms with Gasteiger partial charge >= 0.3 is 0 Å². The summed E-state index contributed by atoms with van der Waals surface area (Å²) in [5.41, 5.74) is 0.256. The summed E-state index contributed by atoms with van der Waals surface area (Å²) < 4.78 is 10.6. The minimum absolute atomic E-state index is 0.0845. The third kappa shape index (κ3) is 3.73. The third-order valence-corrected chi connectivity index (χ3v) is 5.72. The van der Waals surface area contributed by atoms with Gasteiger partial charge in [-0.1, -0.05) is 5.16 Å². The molecule has 0 aromatic carbocycles. The topological polar surface area (TPSA) is 79.0 Å². The lowest BCUT2D eigenvalue weighted by Crippen LogP contribution is -2.63. The number of carbonyl (C=O) groups is 1. The van der Waals surface area contributed by atoms with Gasteiger partial charge in [-0.25, -0.2) is 0 Å². The number of carbonyl (C=O) groups excluding carboxylic acids is 1. The first kappa shape index (κ1) is 18.4. The van der Waals surface area contributed by atoms with Crippen molar-refractivity contribution < 1.29 is 19.2 Å². The zero-order valence-corrected chi connectivity index (χ0v) is 15.2. The Kier molecular flexibility index (Phi) is 5.76. The van der Waals surface area contributed by atoms with Gasteiger partial charge in [0.2, 0.25) is 0 Å². The molecule has 2 saturated heterocycles.